The van der Waals surface area contributed by atoms with Crippen molar-refractivity contribution in [1.29, 1.82) is 0 Å². The monoisotopic (exact) mass is 249 g/mol. The largest absolute Gasteiger partial charge is 0.384 e. The Morgan fingerprint density at radius 3 is 2.94 bits per heavy atom. The van der Waals surface area contributed by atoms with E-state index in [2.05, 4.69) is 10.3 Å². The lowest BCUT2D eigenvalue weighted by Crippen LogP contribution is -2.45. The molecule has 1 unspecified atom stereocenters. The van der Waals surface area contributed by atoms with Crippen LogP contribution in [0.5, 0.6) is 0 Å². The predicted molar refractivity (Wildman–Crippen MR) is 69.2 cm³/mol. The fourth-order valence-electron chi connectivity index (χ4n) is 2.16. The van der Waals surface area contributed by atoms with Gasteiger partial charge in [-0.25, -0.2) is 4.98 Å². The maximum absolute atomic E-state index is 12.0. The van der Waals surface area contributed by atoms with Gasteiger partial charge < -0.3 is 15.8 Å². The fraction of sp³-hybridized carbons (Fsp3) is 0.538. The zero-order valence-corrected chi connectivity index (χ0v) is 10.8. The van der Waals surface area contributed by atoms with Gasteiger partial charge >= 0.3 is 0 Å². The number of aromatic nitrogens is 1. The maximum atomic E-state index is 12.0. The van der Waals surface area contributed by atoms with E-state index in [-0.39, 0.29) is 17.6 Å². The van der Waals surface area contributed by atoms with E-state index in [9.17, 15) is 4.79 Å². The van der Waals surface area contributed by atoms with Gasteiger partial charge in [0, 0.05) is 18.8 Å². The molecule has 1 aromatic heterocycles. The molecule has 0 aromatic carbocycles. The molecule has 5 heteroatoms. The van der Waals surface area contributed by atoms with Crippen LogP contribution in [0.2, 0.25) is 0 Å². The molecule has 1 saturated heterocycles. The van der Waals surface area contributed by atoms with Gasteiger partial charge in [0.2, 0.25) is 0 Å². The van der Waals surface area contributed by atoms with Crippen molar-refractivity contribution in [3.63, 3.8) is 0 Å². The summed E-state index contributed by atoms with van der Waals surface area (Å²) in [5.41, 5.74) is 5.85. The molecule has 1 fully saturated rings. The third-order valence-corrected chi connectivity index (χ3v) is 3.08. The minimum Gasteiger partial charge on any atom is -0.384 e. The van der Waals surface area contributed by atoms with Crippen LogP contribution < -0.4 is 11.1 Å². The van der Waals surface area contributed by atoms with Crippen LogP contribution in [0, 0.1) is 0 Å². The van der Waals surface area contributed by atoms with E-state index in [4.69, 9.17) is 10.5 Å². The number of nitrogens with one attached hydrogen (secondary N) is 1. The molecule has 1 atom stereocenters. The van der Waals surface area contributed by atoms with E-state index in [1.54, 1.807) is 12.1 Å². The number of nitrogen functional groups attached to an aromatic ring is 1. The lowest BCUT2D eigenvalue weighted by molar-refractivity contribution is -0.0615. The molecule has 1 amide bonds. The van der Waals surface area contributed by atoms with E-state index in [1.165, 1.54) is 6.20 Å². The van der Waals surface area contributed by atoms with Gasteiger partial charge in [0.25, 0.3) is 5.91 Å². The van der Waals surface area contributed by atoms with Crippen molar-refractivity contribution in [3.8, 4) is 0 Å². The van der Waals surface area contributed by atoms with Crippen molar-refractivity contribution < 1.29 is 9.53 Å². The van der Waals surface area contributed by atoms with E-state index >= 15 is 0 Å². The summed E-state index contributed by atoms with van der Waals surface area (Å²) in [4.78, 5) is 15.9. The zero-order chi connectivity index (χ0) is 13.2. The molecule has 98 valence electrons. The molecule has 1 aliphatic rings. The highest BCUT2D eigenvalue weighted by Gasteiger charge is 2.29. The smallest absolute Gasteiger partial charge is 0.253 e. The molecule has 0 saturated carbocycles. The Kier molecular flexibility index (Phi) is 3.52. The highest BCUT2D eigenvalue weighted by Crippen LogP contribution is 2.24. The number of carbonyl (C=O) groups is 1. The number of rotatable bonds is 2. The Labute approximate surface area is 107 Å². The van der Waals surface area contributed by atoms with Crippen molar-refractivity contribution in [2.45, 2.75) is 38.3 Å². The molecular formula is C13H19N3O2. The van der Waals surface area contributed by atoms with E-state index in [0.717, 1.165) is 12.8 Å². The Morgan fingerprint density at radius 1 is 1.56 bits per heavy atom. The second-order valence-corrected chi connectivity index (χ2v) is 5.24. The van der Waals surface area contributed by atoms with E-state index in [1.807, 2.05) is 13.8 Å². The summed E-state index contributed by atoms with van der Waals surface area (Å²) in [6.07, 6.45) is 3.16. The quantitative estimate of drug-likeness (QED) is 0.829. The number of ether oxygens (including phenoxy) is 1. The lowest BCUT2D eigenvalue weighted by Gasteiger charge is -2.35. The van der Waals surface area contributed by atoms with Gasteiger partial charge in [0.1, 0.15) is 5.82 Å². The van der Waals surface area contributed by atoms with Crippen LogP contribution in [0.4, 0.5) is 5.82 Å². The van der Waals surface area contributed by atoms with Crippen LogP contribution >= 0.6 is 0 Å². The summed E-state index contributed by atoms with van der Waals surface area (Å²) >= 11 is 0. The molecule has 5 nitrogen and oxygen atoms in total. The van der Waals surface area contributed by atoms with Gasteiger partial charge in [0.15, 0.2) is 0 Å². The highest BCUT2D eigenvalue weighted by molar-refractivity contribution is 5.94. The summed E-state index contributed by atoms with van der Waals surface area (Å²) in [7, 11) is 0. The first kappa shape index (κ1) is 12.8. The molecule has 0 radical (unpaired) electrons. The SMILES string of the molecule is CC1(C)CC(NC(=O)c2ccc(N)nc2)CCO1. The van der Waals surface area contributed by atoms with Crippen LogP contribution in [0.1, 0.15) is 37.0 Å². The number of hydrogen-bond donors (Lipinski definition) is 2. The molecule has 2 rings (SSSR count). The van der Waals surface area contributed by atoms with Crippen molar-refractivity contribution in [2.24, 2.45) is 0 Å². The molecule has 2 heterocycles. The van der Waals surface area contributed by atoms with Gasteiger partial charge in [-0.2, -0.15) is 0 Å². The Balaban J connectivity index is 1.97. The minimum absolute atomic E-state index is 0.106. The first-order valence-corrected chi connectivity index (χ1v) is 6.13. The maximum Gasteiger partial charge on any atom is 0.253 e. The summed E-state index contributed by atoms with van der Waals surface area (Å²) in [6, 6.07) is 3.46. The zero-order valence-electron chi connectivity index (χ0n) is 10.8. The van der Waals surface area contributed by atoms with E-state index in [0.29, 0.717) is 18.0 Å². The van der Waals surface area contributed by atoms with Gasteiger partial charge in [-0.05, 0) is 38.8 Å². The normalized spacial score (nSPS) is 22.4. The third kappa shape index (κ3) is 3.20. The number of nitrogens with zero attached hydrogens (tertiary/aromatic N) is 1. The number of hydrogen-bond acceptors (Lipinski definition) is 4. The third-order valence-electron chi connectivity index (χ3n) is 3.08. The molecule has 3 N–H and O–H groups in total. The van der Waals surface area contributed by atoms with Crippen LogP contribution in [0.15, 0.2) is 18.3 Å². The summed E-state index contributed by atoms with van der Waals surface area (Å²) in [5, 5.41) is 3.01. The van der Waals surface area contributed by atoms with Crippen molar-refractivity contribution in [3.05, 3.63) is 23.9 Å². The first-order valence-electron chi connectivity index (χ1n) is 6.13. The minimum atomic E-state index is -0.171. The molecule has 1 aromatic rings. The Morgan fingerprint density at radius 2 is 2.33 bits per heavy atom. The molecule has 0 spiro atoms. The molecule has 0 bridgehead atoms. The highest BCUT2D eigenvalue weighted by atomic mass is 16.5. The van der Waals surface area contributed by atoms with Crippen LogP contribution in [0.3, 0.4) is 0 Å². The van der Waals surface area contributed by atoms with E-state index < -0.39 is 0 Å². The molecular weight excluding hydrogens is 230 g/mol. The predicted octanol–water partition coefficient (Wildman–Crippen LogP) is 1.35. The van der Waals surface area contributed by atoms with Gasteiger partial charge in [-0.15, -0.1) is 0 Å². The Bertz CT molecular complexity index is 428. The second kappa shape index (κ2) is 4.94. The topological polar surface area (TPSA) is 77.2 Å². The van der Waals surface area contributed by atoms with Gasteiger partial charge in [-0.1, -0.05) is 0 Å². The summed E-state index contributed by atoms with van der Waals surface area (Å²) < 4.78 is 5.62. The number of amides is 1. The molecule has 0 aliphatic carbocycles. The summed E-state index contributed by atoms with van der Waals surface area (Å²) in [5.74, 6) is 0.309. The van der Waals surface area contributed by atoms with Crippen molar-refractivity contribution in [1.82, 2.24) is 10.3 Å². The number of pyridine rings is 1. The fourth-order valence-corrected chi connectivity index (χ4v) is 2.16. The number of nitrogens with two attached hydrogens (primary N) is 1. The first-order chi connectivity index (χ1) is 8.46. The summed E-state index contributed by atoms with van der Waals surface area (Å²) in [6.45, 7) is 4.75. The van der Waals surface area contributed by atoms with Gasteiger partial charge in [0.05, 0.1) is 11.2 Å². The average Bonchev–Trinajstić information content (AvgIpc) is 2.28. The molecule has 1 aliphatic heterocycles. The van der Waals surface area contributed by atoms with Crippen molar-refractivity contribution in [2.75, 3.05) is 12.3 Å². The number of carbonyl (C=O) groups excluding carboxylic acids is 1. The van der Waals surface area contributed by atoms with Gasteiger partial charge in [-0.3, -0.25) is 4.79 Å². The molecule has 18 heavy (non-hydrogen) atoms. The van der Waals surface area contributed by atoms with Crippen molar-refractivity contribution >= 4 is 11.7 Å². The lowest BCUT2D eigenvalue weighted by atomic mass is 9.94. The standard InChI is InChI=1S/C13H19N3O2/c1-13(2)7-10(5-6-18-13)16-12(17)9-3-4-11(14)15-8-9/h3-4,8,10H,5-7H2,1-2H3,(H2,14,15)(H,16,17). The average molecular weight is 249 g/mol. The number of anilines is 1. The second-order valence-electron chi connectivity index (χ2n) is 5.24. The van der Waals surface area contributed by atoms with Crippen LogP contribution in [0.25, 0.3) is 0 Å². The van der Waals surface area contributed by atoms with Crippen LogP contribution in [-0.2, 0) is 4.74 Å². The Hall–Kier alpha value is -1.62. The van der Waals surface area contributed by atoms with Crippen LogP contribution in [-0.4, -0.2) is 29.1 Å².